The number of nitrogens with zero attached hydrogens (tertiary/aromatic N) is 2. The number of rotatable bonds is 9. The highest BCUT2D eigenvalue weighted by Crippen LogP contribution is 2.37. The standard InChI is InChI=1S/C20H26ClN3O3/c1-5-9-24(10-6-2)20(25)14-7-8-19(22-13-14)23-16-12-17(26-3)15(21)11-18(16)27-4/h7-8,11-13H,5-6,9-10H2,1-4H3,(H,22,23). The van der Waals surface area contributed by atoms with Crippen molar-refractivity contribution in [2.75, 3.05) is 32.6 Å². The molecule has 0 unspecified atom stereocenters. The molecule has 0 bridgehead atoms. The Balaban J connectivity index is 2.19. The van der Waals surface area contributed by atoms with Crippen LogP contribution in [-0.2, 0) is 0 Å². The Morgan fingerprint density at radius 2 is 1.78 bits per heavy atom. The molecule has 7 heteroatoms. The molecule has 1 amide bonds. The lowest BCUT2D eigenvalue weighted by Gasteiger charge is -2.21. The van der Waals surface area contributed by atoms with Crippen molar-refractivity contribution in [1.29, 1.82) is 0 Å². The summed E-state index contributed by atoms with van der Waals surface area (Å²) in [6.07, 6.45) is 3.44. The zero-order valence-corrected chi connectivity index (χ0v) is 17.0. The highest BCUT2D eigenvalue weighted by atomic mass is 35.5. The highest BCUT2D eigenvalue weighted by Gasteiger charge is 2.15. The number of carbonyl (C=O) groups is 1. The average Bonchev–Trinajstić information content (AvgIpc) is 2.68. The van der Waals surface area contributed by atoms with E-state index in [0.29, 0.717) is 33.6 Å². The molecule has 1 heterocycles. The minimum Gasteiger partial charge on any atom is -0.495 e. The van der Waals surface area contributed by atoms with Gasteiger partial charge in [0.15, 0.2) is 0 Å². The summed E-state index contributed by atoms with van der Waals surface area (Å²) in [6, 6.07) is 6.96. The third-order valence-electron chi connectivity index (χ3n) is 4.02. The molecule has 2 aromatic rings. The van der Waals surface area contributed by atoms with Gasteiger partial charge in [0.25, 0.3) is 5.91 Å². The fourth-order valence-electron chi connectivity index (χ4n) is 2.73. The van der Waals surface area contributed by atoms with E-state index in [1.165, 1.54) is 0 Å². The van der Waals surface area contributed by atoms with Crippen molar-refractivity contribution < 1.29 is 14.3 Å². The average molecular weight is 392 g/mol. The van der Waals surface area contributed by atoms with Gasteiger partial charge in [-0.25, -0.2) is 4.98 Å². The predicted molar refractivity (Wildman–Crippen MR) is 109 cm³/mol. The first kappa shape index (κ1) is 20.8. The number of hydrogen-bond donors (Lipinski definition) is 1. The van der Waals surface area contributed by atoms with E-state index in [2.05, 4.69) is 24.1 Å². The van der Waals surface area contributed by atoms with Crippen LogP contribution in [0.25, 0.3) is 0 Å². The van der Waals surface area contributed by atoms with E-state index >= 15 is 0 Å². The van der Waals surface area contributed by atoms with Crippen molar-refractivity contribution in [3.63, 3.8) is 0 Å². The molecule has 0 saturated heterocycles. The third-order valence-corrected chi connectivity index (χ3v) is 4.32. The van der Waals surface area contributed by atoms with Crippen LogP contribution in [0.15, 0.2) is 30.5 Å². The number of ether oxygens (including phenoxy) is 2. The van der Waals surface area contributed by atoms with Crippen molar-refractivity contribution in [1.82, 2.24) is 9.88 Å². The molecule has 0 aliphatic heterocycles. The summed E-state index contributed by atoms with van der Waals surface area (Å²) in [7, 11) is 3.11. The van der Waals surface area contributed by atoms with Gasteiger partial charge in [0.1, 0.15) is 17.3 Å². The number of anilines is 2. The van der Waals surface area contributed by atoms with E-state index in [0.717, 1.165) is 25.9 Å². The maximum atomic E-state index is 12.6. The second kappa shape index (κ2) is 10.0. The fraction of sp³-hybridized carbons (Fsp3) is 0.400. The molecule has 1 N–H and O–H groups in total. The van der Waals surface area contributed by atoms with Gasteiger partial charge in [-0.2, -0.15) is 0 Å². The summed E-state index contributed by atoms with van der Waals surface area (Å²) in [5, 5.41) is 3.63. The summed E-state index contributed by atoms with van der Waals surface area (Å²) in [6.45, 7) is 5.62. The molecule has 1 aromatic carbocycles. The van der Waals surface area contributed by atoms with Crippen LogP contribution in [0.1, 0.15) is 37.0 Å². The van der Waals surface area contributed by atoms with Crippen molar-refractivity contribution in [2.45, 2.75) is 26.7 Å². The molecule has 0 fully saturated rings. The summed E-state index contributed by atoms with van der Waals surface area (Å²) in [5.74, 6) is 1.69. The maximum Gasteiger partial charge on any atom is 0.255 e. The van der Waals surface area contributed by atoms with Crippen molar-refractivity contribution >= 4 is 29.0 Å². The number of hydrogen-bond acceptors (Lipinski definition) is 5. The molecule has 0 aliphatic carbocycles. The van der Waals surface area contributed by atoms with Crippen LogP contribution in [0.2, 0.25) is 5.02 Å². The zero-order chi connectivity index (χ0) is 19.8. The van der Waals surface area contributed by atoms with E-state index in [4.69, 9.17) is 21.1 Å². The SMILES string of the molecule is CCCN(CCC)C(=O)c1ccc(Nc2cc(OC)c(Cl)cc2OC)nc1. The number of pyridine rings is 1. The highest BCUT2D eigenvalue weighted by molar-refractivity contribution is 6.32. The number of amides is 1. The van der Waals surface area contributed by atoms with Gasteiger partial charge in [-0.05, 0) is 25.0 Å². The van der Waals surface area contributed by atoms with E-state index in [1.807, 2.05) is 4.90 Å². The van der Waals surface area contributed by atoms with Crippen molar-refractivity contribution in [2.24, 2.45) is 0 Å². The lowest BCUT2D eigenvalue weighted by molar-refractivity contribution is 0.0755. The number of methoxy groups -OCH3 is 2. The summed E-state index contributed by atoms with van der Waals surface area (Å²) in [5.41, 5.74) is 1.24. The normalized spacial score (nSPS) is 10.4. The van der Waals surface area contributed by atoms with Gasteiger partial charge in [0.05, 0.1) is 30.5 Å². The van der Waals surface area contributed by atoms with Gasteiger partial charge in [0, 0.05) is 31.4 Å². The molecule has 1 aromatic heterocycles. The Labute approximate surface area is 165 Å². The van der Waals surface area contributed by atoms with Crippen molar-refractivity contribution in [3.8, 4) is 11.5 Å². The number of benzene rings is 1. The summed E-state index contributed by atoms with van der Waals surface area (Å²) >= 11 is 6.13. The molecule has 146 valence electrons. The van der Waals surface area contributed by atoms with Crippen LogP contribution >= 0.6 is 11.6 Å². The molecular formula is C20H26ClN3O3. The second-order valence-electron chi connectivity index (χ2n) is 6.04. The first-order valence-corrected chi connectivity index (χ1v) is 9.35. The Bertz CT molecular complexity index is 760. The first-order valence-electron chi connectivity index (χ1n) is 8.97. The van der Waals surface area contributed by atoms with Gasteiger partial charge in [0.2, 0.25) is 0 Å². The number of halogens is 1. The molecule has 0 radical (unpaired) electrons. The van der Waals surface area contributed by atoms with E-state index in [1.54, 1.807) is 44.7 Å². The monoisotopic (exact) mass is 391 g/mol. The maximum absolute atomic E-state index is 12.6. The Kier molecular flexibility index (Phi) is 7.73. The van der Waals surface area contributed by atoms with Gasteiger partial charge in [-0.15, -0.1) is 0 Å². The van der Waals surface area contributed by atoms with E-state index in [-0.39, 0.29) is 5.91 Å². The van der Waals surface area contributed by atoms with Gasteiger partial charge < -0.3 is 19.7 Å². The topological polar surface area (TPSA) is 63.7 Å². The largest absolute Gasteiger partial charge is 0.495 e. The minimum absolute atomic E-state index is 0.00323. The first-order chi connectivity index (χ1) is 13.0. The molecule has 27 heavy (non-hydrogen) atoms. The quantitative estimate of drug-likeness (QED) is 0.667. The molecular weight excluding hydrogens is 366 g/mol. The Hall–Kier alpha value is -2.47. The van der Waals surface area contributed by atoms with Gasteiger partial charge in [-0.1, -0.05) is 25.4 Å². The smallest absolute Gasteiger partial charge is 0.255 e. The van der Waals surface area contributed by atoms with Crippen LogP contribution in [0.5, 0.6) is 11.5 Å². The van der Waals surface area contributed by atoms with Crippen molar-refractivity contribution in [3.05, 3.63) is 41.0 Å². The van der Waals surface area contributed by atoms with E-state index in [9.17, 15) is 4.79 Å². The van der Waals surface area contributed by atoms with Crippen LogP contribution in [-0.4, -0.2) is 43.1 Å². The molecule has 0 aliphatic rings. The van der Waals surface area contributed by atoms with Gasteiger partial charge >= 0.3 is 0 Å². The number of nitrogens with one attached hydrogen (secondary N) is 1. The van der Waals surface area contributed by atoms with Gasteiger partial charge in [-0.3, -0.25) is 4.79 Å². The van der Waals surface area contributed by atoms with Crippen LogP contribution in [0.3, 0.4) is 0 Å². The second-order valence-corrected chi connectivity index (χ2v) is 6.44. The molecule has 0 saturated carbocycles. The van der Waals surface area contributed by atoms with Crippen LogP contribution in [0, 0.1) is 0 Å². The summed E-state index contributed by atoms with van der Waals surface area (Å²) < 4.78 is 10.6. The third kappa shape index (κ3) is 5.26. The molecule has 0 spiro atoms. The molecule has 2 rings (SSSR count). The Morgan fingerprint density at radius 1 is 1.11 bits per heavy atom. The Morgan fingerprint density at radius 3 is 2.30 bits per heavy atom. The number of carbonyl (C=O) groups excluding carboxylic acids is 1. The van der Waals surface area contributed by atoms with Crippen LogP contribution < -0.4 is 14.8 Å². The zero-order valence-electron chi connectivity index (χ0n) is 16.2. The summed E-state index contributed by atoms with van der Waals surface area (Å²) in [4.78, 5) is 18.9. The lowest BCUT2D eigenvalue weighted by atomic mass is 10.2. The predicted octanol–water partition coefficient (Wildman–Crippen LogP) is 4.76. The molecule has 0 atom stereocenters. The minimum atomic E-state index is 0.00323. The van der Waals surface area contributed by atoms with Crippen LogP contribution in [0.4, 0.5) is 11.5 Å². The van der Waals surface area contributed by atoms with E-state index < -0.39 is 0 Å². The molecule has 6 nitrogen and oxygen atoms in total. The lowest BCUT2D eigenvalue weighted by Crippen LogP contribution is -2.32. The fourth-order valence-corrected chi connectivity index (χ4v) is 2.96. The number of aromatic nitrogens is 1.